The van der Waals surface area contributed by atoms with Crippen molar-refractivity contribution in [1.29, 1.82) is 0 Å². The molecule has 0 unspecified atom stereocenters. The minimum absolute atomic E-state index is 0.833. The quantitative estimate of drug-likeness (QED) is 0.576. The largest absolute Gasteiger partial charge is 0.478 e. The fraction of sp³-hybridized carbons (Fsp3) is 0.800. The molecule has 4 bridgehead atoms. The van der Waals surface area contributed by atoms with Crippen molar-refractivity contribution in [3.05, 3.63) is 12.7 Å². The lowest BCUT2D eigenvalue weighted by atomic mass is 9.56. The topological polar surface area (TPSA) is 49.8 Å². The third-order valence-corrected chi connectivity index (χ3v) is 4.38. The smallest absolute Gasteiger partial charge is 0.327 e. The van der Waals surface area contributed by atoms with E-state index in [0.29, 0.717) is 0 Å². The van der Waals surface area contributed by atoms with Gasteiger partial charge in [-0.3, -0.25) is 0 Å². The Morgan fingerprint density at radius 2 is 1.17 bits per heavy atom. The van der Waals surface area contributed by atoms with E-state index < -0.39 is 5.97 Å². The molecule has 1 N–H and O–H groups in total. The van der Waals surface area contributed by atoms with Crippen molar-refractivity contribution in [2.24, 2.45) is 23.7 Å². The molecule has 1 heterocycles. The van der Waals surface area contributed by atoms with Gasteiger partial charge in [-0.2, -0.15) is 0 Å². The van der Waals surface area contributed by atoms with E-state index in [2.05, 4.69) is 11.3 Å². The normalized spacial score (nSPS) is 37.8. The van der Waals surface area contributed by atoms with Crippen molar-refractivity contribution >= 4 is 5.97 Å². The summed E-state index contributed by atoms with van der Waals surface area (Å²) in [5, 5.41) is 7.60. The molecule has 5 aliphatic rings. The van der Waals surface area contributed by atoms with Gasteiger partial charge in [0.2, 0.25) is 0 Å². The SMILES string of the molecule is C1C2CC3CC1CC(C2)C3.C1CO1.C=CC(=O)O. The van der Waals surface area contributed by atoms with Gasteiger partial charge >= 0.3 is 5.97 Å². The van der Waals surface area contributed by atoms with Crippen molar-refractivity contribution in [2.75, 3.05) is 13.2 Å². The number of epoxide rings is 1. The Bertz CT molecular complexity index is 237. The van der Waals surface area contributed by atoms with Crippen molar-refractivity contribution in [1.82, 2.24) is 0 Å². The summed E-state index contributed by atoms with van der Waals surface area (Å²) in [6.07, 6.45) is 10.5. The molecule has 4 saturated carbocycles. The van der Waals surface area contributed by atoms with Crippen molar-refractivity contribution in [3.8, 4) is 0 Å². The Balaban J connectivity index is 0.000000127. The van der Waals surface area contributed by atoms with Crippen LogP contribution in [0, 0.1) is 23.7 Å². The van der Waals surface area contributed by atoms with Gasteiger partial charge in [0.05, 0.1) is 13.2 Å². The summed E-state index contributed by atoms with van der Waals surface area (Å²) < 4.78 is 4.50. The number of aliphatic carboxylic acids is 1. The van der Waals surface area contributed by atoms with Crippen molar-refractivity contribution in [2.45, 2.75) is 38.5 Å². The van der Waals surface area contributed by atoms with E-state index >= 15 is 0 Å². The van der Waals surface area contributed by atoms with Crippen LogP contribution in [0.25, 0.3) is 0 Å². The van der Waals surface area contributed by atoms with E-state index in [1.807, 2.05) is 0 Å². The average Bonchev–Trinajstić information content (AvgIpc) is 3.15. The zero-order valence-corrected chi connectivity index (χ0v) is 11.0. The van der Waals surface area contributed by atoms with E-state index in [0.717, 1.165) is 19.3 Å². The van der Waals surface area contributed by atoms with Crippen LogP contribution in [-0.2, 0) is 9.53 Å². The molecule has 0 aromatic rings. The molecule has 0 radical (unpaired) electrons. The first-order valence-electron chi connectivity index (χ1n) is 7.10. The van der Waals surface area contributed by atoms with E-state index in [9.17, 15) is 4.79 Å². The highest BCUT2D eigenvalue weighted by molar-refractivity contribution is 5.78. The summed E-state index contributed by atoms with van der Waals surface area (Å²) >= 11 is 0. The van der Waals surface area contributed by atoms with E-state index in [-0.39, 0.29) is 0 Å². The molecule has 0 spiro atoms. The Morgan fingerprint density at radius 3 is 1.28 bits per heavy atom. The molecule has 5 rings (SSSR count). The first-order chi connectivity index (χ1) is 8.67. The average molecular weight is 252 g/mol. The molecule has 1 aliphatic heterocycles. The first kappa shape index (κ1) is 13.6. The molecule has 0 aromatic carbocycles. The van der Waals surface area contributed by atoms with Crippen LogP contribution >= 0.6 is 0 Å². The number of carboxylic acids is 1. The molecule has 1 saturated heterocycles. The Labute approximate surface area is 109 Å². The maximum atomic E-state index is 9.25. The minimum atomic E-state index is -0.981. The summed E-state index contributed by atoms with van der Waals surface area (Å²) in [7, 11) is 0. The first-order valence-corrected chi connectivity index (χ1v) is 7.10. The van der Waals surface area contributed by atoms with Crippen LogP contribution in [0.3, 0.4) is 0 Å². The van der Waals surface area contributed by atoms with Crippen LogP contribution in [0.5, 0.6) is 0 Å². The summed E-state index contributed by atoms with van der Waals surface area (Å²) in [5.41, 5.74) is 0. The third-order valence-electron chi connectivity index (χ3n) is 4.38. The standard InChI is InChI=1S/C10H16.C3H4O2.C2H4O/c1-7-2-9-4-8(1)5-10(3-7)6-9;1-2-3(4)5;1-2-3-1/h7-10H,1-6H2;2H,1H2,(H,4,5);1-2H2. The van der Waals surface area contributed by atoms with Gasteiger partial charge in [0.25, 0.3) is 0 Å². The van der Waals surface area contributed by atoms with Gasteiger partial charge in [0.1, 0.15) is 0 Å². The number of hydrogen-bond donors (Lipinski definition) is 1. The van der Waals surface area contributed by atoms with Gasteiger partial charge in [-0.1, -0.05) is 6.58 Å². The van der Waals surface area contributed by atoms with Gasteiger partial charge in [-0.25, -0.2) is 4.79 Å². The maximum Gasteiger partial charge on any atom is 0.327 e. The van der Waals surface area contributed by atoms with Gasteiger partial charge in [-0.15, -0.1) is 0 Å². The molecule has 4 aliphatic carbocycles. The van der Waals surface area contributed by atoms with Crippen LogP contribution in [0.4, 0.5) is 0 Å². The second-order valence-corrected chi connectivity index (χ2v) is 6.03. The van der Waals surface area contributed by atoms with Gasteiger partial charge in [0, 0.05) is 6.08 Å². The van der Waals surface area contributed by atoms with Gasteiger partial charge < -0.3 is 9.84 Å². The predicted molar refractivity (Wildman–Crippen MR) is 70.3 cm³/mol. The second kappa shape index (κ2) is 6.37. The maximum absolute atomic E-state index is 9.25. The third kappa shape index (κ3) is 4.45. The molecule has 0 aromatic heterocycles. The summed E-state index contributed by atoms with van der Waals surface area (Å²) in [6, 6.07) is 0. The van der Waals surface area contributed by atoms with Crippen molar-refractivity contribution in [3.63, 3.8) is 0 Å². The monoisotopic (exact) mass is 252 g/mol. The number of ether oxygens (including phenoxy) is 1. The molecule has 102 valence electrons. The van der Waals surface area contributed by atoms with Crippen LogP contribution in [0.1, 0.15) is 38.5 Å². The summed E-state index contributed by atoms with van der Waals surface area (Å²) in [6.45, 7) is 4.96. The second-order valence-electron chi connectivity index (χ2n) is 6.03. The highest BCUT2D eigenvalue weighted by Gasteiger charge is 2.41. The lowest BCUT2D eigenvalue weighted by Gasteiger charge is -2.49. The fourth-order valence-corrected chi connectivity index (χ4v) is 3.98. The van der Waals surface area contributed by atoms with Crippen LogP contribution in [-0.4, -0.2) is 24.3 Å². The zero-order chi connectivity index (χ0) is 13.0. The van der Waals surface area contributed by atoms with Crippen molar-refractivity contribution < 1.29 is 14.6 Å². The number of hydrogen-bond acceptors (Lipinski definition) is 2. The van der Waals surface area contributed by atoms with E-state index in [1.165, 1.54) is 23.7 Å². The van der Waals surface area contributed by atoms with Crippen LogP contribution in [0.15, 0.2) is 12.7 Å². The highest BCUT2D eigenvalue weighted by Crippen LogP contribution is 2.53. The Morgan fingerprint density at radius 1 is 0.944 bits per heavy atom. The zero-order valence-electron chi connectivity index (χ0n) is 11.0. The van der Waals surface area contributed by atoms with Crippen LogP contribution < -0.4 is 0 Å². The highest BCUT2D eigenvalue weighted by atomic mass is 16.6. The number of carboxylic acid groups (broad SMARTS) is 1. The minimum Gasteiger partial charge on any atom is -0.478 e. The van der Waals surface area contributed by atoms with Gasteiger partial charge in [0.15, 0.2) is 0 Å². The molecule has 3 nitrogen and oxygen atoms in total. The number of rotatable bonds is 1. The lowest BCUT2D eigenvalue weighted by molar-refractivity contribution is -0.131. The van der Waals surface area contributed by atoms with Crippen LogP contribution in [0.2, 0.25) is 0 Å². The fourth-order valence-electron chi connectivity index (χ4n) is 3.98. The molecular formula is C15H24O3. The molecule has 0 amide bonds. The predicted octanol–water partition coefficient (Wildman–Crippen LogP) is 3.11. The molecule has 5 fully saturated rings. The lowest BCUT2D eigenvalue weighted by Crippen LogP contribution is -2.38. The molecular weight excluding hydrogens is 228 g/mol. The molecule has 18 heavy (non-hydrogen) atoms. The molecule has 3 heteroatoms. The Kier molecular flexibility index (Phi) is 4.81. The Hall–Kier alpha value is -0.830. The number of carbonyl (C=O) groups is 1. The van der Waals surface area contributed by atoms with E-state index in [4.69, 9.17) is 5.11 Å². The van der Waals surface area contributed by atoms with Gasteiger partial charge in [-0.05, 0) is 62.2 Å². The molecule has 0 atom stereocenters. The summed E-state index contributed by atoms with van der Waals surface area (Å²) in [4.78, 5) is 9.25. The van der Waals surface area contributed by atoms with E-state index in [1.54, 1.807) is 38.5 Å². The summed E-state index contributed by atoms with van der Waals surface area (Å²) in [5.74, 6) is 3.73.